The van der Waals surface area contributed by atoms with Gasteiger partial charge < -0.3 is 26.2 Å². The zero-order valence-electron chi connectivity index (χ0n) is 16.4. The second-order valence-electron chi connectivity index (χ2n) is 7.41. The predicted octanol–water partition coefficient (Wildman–Crippen LogP) is 1.57. The highest BCUT2D eigenvalue weighted by atomic mass is 16.4. The fourth-order valence-corrected chi connectivity index (χ4v) is 3.44. The molecule has 156 valence electrons. The maximum atomic E-state index is 12.4. The minimum atomic E-state index is -0.932. The average molecular weight is 386 g/mol. The standard InChI is InChI=1S/C19H35N3O5/c1-14(17(23)22-13-9-11-16(22)19(26)27)21-12-8-6-4-2-3-5-7-10-15(20)18(24)25/h14-16,21H,2-13,20H2,1H3,(H,24,25)(H,26,27)/t14-,15-,16-/m0/s1. The Morgan fingerprint density at radius 3 is 2.26 bits per heavy atom. The molecule has 5 N–H and O–H groups in total. The van der Waals surface area contributed by atoms with Gasteiger partial charge in [-0.05, 0) is 39.2 Å². The second-order valence-corrected chi connectivity index (χ2v) is 7.41. The minimum absolute atomic E-state index is 0.125. The Labute approximate surface area is 161 Å². The van der Waals surface area contributed by atoms with Gasteiger partial charge in [0.05, 0.1) is 6.04 Å². The minimum Gasteiger partial charge on any atom is -0.480 e. The van der Waals surface area contributed by atoms with Crippen LogP contribution in [-0.4, -0.2) is 64.2 Å². The zero-order valence-corrected chi connectivity index (χ0v) is 16.4. The Bertz CT molecular complexity index is 486. The molecule has 1 amide bonds. The Morgan fingerprint density at radius 2 is 1.67 bits per heavy atom. The lowest BCUT2D eigenvalue weighted by molar-refractivity contribution is -0.148. The number of nitrogens with zero attached hydrogens (tertiary/aromatic N) is 1. The summed E-state index contributed by atoms with van der Waals surface area (Å²) in [7, 11) is 0. The number of amides is 1. The Balaban J connectivity index is 2.02. The molecule has 8 nitrogen and oxygen atoms in total. The van der Waals surface area contributed by atoms with E-state index in [9.17, 15) is 14.4 Å². The van der Waals surface area contributed by atoms with Gasteiger partial charge >= 0.3 is 11.9 Å². The lowest BCUT2D eigenvalue weighted by Gasteiger charge is -2.25. The van der Waals surface area contributed by atoms with Gasteiger partial charge in [0.25, 0.3) is 0 Å². The van der Waals surface area contributed by atoms with Crippen molar-refractivity contribution in [2.75, 3.05) is 13.1 Å². The fourth-order valence-electron chi connectivity index (χ4n) is 3.44. The molecular weight excluding hydrogens is 350 g/mol. The van der Waals surface area contributed by atoms with Crippen molar-refractivity contribution < 1.29 is 24.6 Å². The quantitative estimate of drug-likeness (QED) is 0.334. The van der Waals surface area contributed by atoms with Crippen molar-refractivity contribution in [2.45, 2.75) is 89.3 Å². The van der Waals surface area contributed by atoms with Gasteiger partial charge in [-0.25, -0.2) is 4.79 Å². The molecule has 1 heterocycles. The molecule has 0 saturated carbocycles. The molecule has 27 heavy (non-hydrogen) atoms. The van der Waals surface area contributed by atoms with Crippen LogP contribution in [0.5, 0.6) is 0 Å². The second kappa shape index (κ2) is 12.7. The summed E-state index contributed by atoms with van der Waals surface area (Å²) in [5.41, 5.74) is 5.46. The molecule has 0 aromatic carbocycles. The topological polar surface area (TPSA) is 133 Å². The SMILES string of the molecule is C[C@H](NCCCCCCCCC[C@H](N)C(=O)O)C(=O)N1CCC[C@H]1C(=O)O. The number of nitrogens with two attached hydrogens (primary N) is 1. The van der Waals surface area contributed by atoms with Crippen LogP contribution in [-0.2, 0) is 14.4 Å². The molecule has 1 aliphatic rings. The number of hydrogen-bond donors (Lipinski definition) is 4. The molecule has 0 unspecified atom stereocenters. The van der Waals surface area contributed by atoms with Crippen molar-refractivity contribution in [3.8, 4) is 0 Å². The van der Waals surface area contributed by atoms with Crippen molar-refractivity contribution in [3.05, 3.63) is 0 Å². The van der Waals surface area contributed by atoms with E-state index in [1.807, 2.05) is 0 Å². The third kappa shape index (κ3) is 8.71. The van der Waals surface area contributed by atoms with Crippen LogP contribution in [0.3, 0.4) is 0 Å². The molecule has 0 aromatic rings. The lowest BCUT2D eigenvalue weighted by Crippen LogP contribution is -2.49. The normalized spacial score (nSPS) is 19.0. The zero-order chi connectivity index (χ0) is 20.2. The van der Waals surface area contributed by atoms with E-state index < -0.39 is 24.0 Å². The molecule has 1 saturated heterocycles. The maximum Gasteiger partial charge on any atom is 0.326 e. The van der Waals surface area contributed by atoms with E-state index >= 15 is 0 Å². The van der Waals surface area contributed by atoms with Crippen LogP contribution < -0.4 is 11.1 Å². The summed E-state index contributed by atoms with van der Waals surface area (Å²) in [5, 5.41) is 21.1. The van der Waals surface area contributed by atoms with Crippen molar-refractivity contribution in [2.24, 2.45) is 5.73 Å². The molecular formula is C19H35N3O5. The summed E-state index contributed by atoms with van der Waals surface area (Å²) in [6.07, 6.45) is 9.04. The number of rotatable bonds is 14. The van der Waals surface area contributed by atoms with Gasteiger partial charge in [0.2, 0.25) is 5.91 Å². The van der Waals surface area contributed by atoms with Crippen molar-refractivity contribution in [3.63, 3.8) is 0 Å². The van der Waals surface area contributed by atoms with Crippen molar-refractivity contribution >= 4 is 17.8 Å². The van der Waals surface area contributed by atoms with Gasteiger partial charge in [0.1, 0.15) is 12.1 Å². The van der Waals surface area contributed by atoms with Crippen LogP contribution in [0.2, 0.25) is 0 Å². The maximum absolute atomic E-state index is 12.4. The average Bonchev–Trinajstić information content (AvgIpc) is 3.12. The summed E-state index contributed by atoms with van der Waals surface area (Å²) < 4.78 is 0. The van der Waals surface area contributed by atoms with E-state index in [0.717, 1.165) is 57.9 Å². The molecule has 1 rings (SSSR count). The van der Waals surface area contributed by atoms with Gasteiger partial charge in [-0.3, -0.25) is 9.59 Å². The van der Waals surface area contributed by atoms with Gasteiger partial charge in [-0.1, -0.05) is 38.5 Å². The van der Waals surface area contributed by atoms with E-state index in [1.54, 1.807) is 6.92 Å². The number of aliphatic carboxylic acids is 2. The van der Waals surface area contributed by atoms with Crippen LogP contribution in [0.1, 0.15) is 71.1 Å². The van der Waals surface area contributed by atoms with Gasteiger partial charge in [-0.15, -0.1) is 0 Å². The van der Waals surface area contributed by atoms with Gasteiger partial charge in [0.15, 0.2) is 0 Å². The number of carboxylic acids is 2. The number of likely N-dealkylation sites (tertiary alicyclic amines) is 1. The molecule has 1 fully saturated rings. The molecule has 0 radical (unpaired) electrons. The van der Waals surface area contributed by atoms with Crippen LogP contribution >= 0.6 is 0 Å². The highest BCUT2D eigenvalue weighted by Crippen LogP contribution is 2.18. The van der Waals surface area contributed by atoms with E-state index in [-0.39, 0.29) is 11.9 Å². The number of unbranched alkanes of at least 4 members (excludes halogenated alkanes) is 6. The first-order valence-electron chi connectivity index (χ1n) is 10.1. The summed E-state index contributed by atoms with van der Waals surface area (Å²) in [4.78, 5) is 35.6. The number of carbonyl (C=O) groups excluding carboxylic acids is 1. The van der Waals surface area contributed by atoms with Crippen molar-refractivity contribution in [1.82, 2.24) is 10.2 Å². The highest BCUT2D eigenvalue weighted by molar-refractivity contribution is 5.87. The first-order chi connectivity index (χ1) is 12.8. The number of nitrogens with one attached hydrogen (secondary N) is 1. The third-order valence-corrected chi connectivity index (χ3v) is 5.15. The van der Waals surface area contributed by atoms with E-state index in [0.29, 0.717) is 19.4 Å². The molecule has 0 aliphatic carbocycles. The highest BCUT2D eigenvalue weighted by Gasteiger charge is 2.35. The Kier molecular flexibility index (Phi) is 11.0. The number of carbonyl (C=O) groups is 3. The summed E-state index contributed by atoms with van der Waals surface area (Å²) >= 11 is 0. The first kappa shape index (κ1) is 23.4. The third-order valence-electron chi connectivity index (χ3n) is 5.15. The summed E-state index contributed by atoms with van der Waals surface area (Å²) in [6, 6.07) is -1.78. The van der Waals surface area contributed by atoms with Gasteiger partial charge in [-0.2, -0.15) is 0 Å². The van der Waals surface area contributed by atoms with Gasteiger partial charge in [0, 0.05) is 6.54 Å². The smallest absolute Gasteiger partial charge is 0.326 e. The number of carboxylic acid groups (broad SMARTS) is 2. The monoisotopic (exact) mass is 385 g/mol. The number of hydrogen-bond acceptors (Lipinski definition) is 5. The summed E-state index contributed by atoms with van der Waals surface area (Å²) in [5.74, 6) is -1.98. The molecule has 8 heteroatoms. The largest absolute Gasteiger partial charge is 0.480 e. The van der Waals surface area contributed by atoms with Crippen LogP contribution in [0.4, 0.5) is 0 Å². The van der Waals surface area contributed by atoms with Crippen molar-refractivity contribution in [1.29, 1.82) is 0 Å². The lowest BCUT2D eigenvalue weighted by atomic mass is 10.1. The molecule has 0 aromatic heterocycles. The molecule has 1 aliphatic heterocycles. The Morgan fingerprint density at radius 1 is 1.07 bits per heavy atom. The van der Waals surface area contributed by atoms with Crippen LogP contribution in [0, 0.1) is 0 Å². The molecule has 3 atom stereocenters. The predicted molar refractivity (Wildman–Crippen MR) is 102 cm³/mol. The summed E-state index contributed by atoms with van der Waals surface area (Å²) in [6.45, 7) is 3.06. The van der Waals surface area contributed by atoms with E-state index in [4.69, 9.17) is 15.9 Å². The molecule has 0 bridgehead atoms. The van der Waals surface area contributed by atoms with Crippen LogP contribution in [0.15, 0.2) is 0 Å². The first-order valence-corrected chi connectivity index (χ1v) is 10.1. The molecule has 0 spiro atoms. The fraction of sp³-hybridized carbons (Fsp3) is 0.842. The Hall–Kier alpha value is -1.67. The van der Waals surface area contributed by atoms with E-state index in [2.05, 4.69) is 5.32 Å². The van der Waals surface area contributed by atoms with Crippen LogP contribution in [0.25, 0.3) is 0 Å². The van der Waals surface area contributed by atoms with E-state index in [1.165, 1.54) is 4.90 Å².